The third-order valence-corrected chi connectivity index (χ3v) is 1.90. The van der Waals surface area contributed by atoms with Crippen molar-refractivity contribution >= 4 is 5.91 Å². The van der Waals surface area contributed by atoms with Gasteiger partial charge < -0.3 is 9.73 Å². The predicted molar refractivity (Wildman–Crippen MR) is 54.1 cm³/mol. The molecule has 0 radical (unpaired) electrons. The zero-order chi connectivity index (χ0) is 10.5. The highest BCUT2D eigenvalue weighted by Crippen LogP contribution is 1.99. The number of pyridine rings is 1. The molecule has 76 valence electrons. The number of aromatic nitrogens is 1. The molecule has 0 aliphatic carbocycles. The minimum Gasteiger partial charge on any atom is -0.467 e. The van der Waals surface area contributed by atoms with Crippen LogP contribution in [0.1, 0.15) is 16.2 Å². The first kappa shape index (κ1) is 9.45. The minimum absolute atomic E-state index is 0.202. The van der Waals surface area contributed by atoms with Crippen LogP contribution in [0.15, 0.2) is 47.2 Å². The van der Waals surface area contributed by atoms with Crippen LogP contribution in [-0.4, -0.2) is 10.9 Å². The van der Waals surface area contributed by atoms with Gasteiger partial charge in [0.15, 0.2) is 0 Å². The molecule has 0 aliphatic rings. The van der Waals surface area contributed by atoms with Gasteiger partial charge in [-0.25, -0.2) is 0 Å². The van der Waals surface area contributed by atoms with Crippen LogP contribution in [0.5, 0.6) is 0 Å². The molecule has 1 amide bonds. The topological polar surface area (TPSA) is 55.1 Å². The molecule has 0 fully saturated rings. The fraction of sp³-hybridized carbons (Fsp3) is 0.0909. The van der Waals surface area contributed by atoms with Gasteiger partial charge in [-0.2, -0.15) is 0 Å². The average molecular weight is 202 g/mol. The van der Waals surface area contributed by atoms with E-state index >= 15 is 0 Å². The Morgan fingerprint density at radius 2 is 2.27 bits per heavy atom. The Morgan fingerprint density at radius 1 is 1.33 bits per heavy atom. The van der Waals surface area contributed by atoms with Crippen molar-refractivity contribution < 1.29 is 9.21 Å². The lowest BCUT2D eigenvalue weighted by Crippen LogP contribution is -2.23. The fourth-order valence-electron chi connectivity index (χ4n) is 1.17. The van der Waals surface area contributed by atoms with Crippen LogP contribution in [0.25, 0.3) is 0 Å². The molecule has 0 aromatic carbocycles. The second-order valence-corrected chi connectivity index (χ2v) is 2.98. The summed E-state index contributed by atoms with van der Waals surface area (Å²) < 4.78 is 5.08. The quantitative estimate of drug-likeness (QED) is 0.822. The Hall–Kier alpha value is -2.10. The van der Waals surface area contributed by atoms with E-state index in [0.717, 1.165) is 5.76 Å². The van der Waals surface area contributed by atoms with E-state index in [-0.39, 0.29) is 5.91 Å². The highest BCUT2D eigenvalue weighted by molar-refractivity contribution is 5.92. The first-order valence-electron chi connectivity index (χ1n) is 4.58. The van der Waals surface area contributed by atoms with Gasteiger partial charge in [-0.15, -0.1) is 0 Å². The molecule has 0 spiro atoms. The van der Waals surface area contributed by atoms with Crippen LogP contribution in [0.2, 0.25) is 0 Å². The first-order valence-corrected chi connectivity index (χ1v) is 4.58. The van der Waals surface area contributed by atoms with E-state index in [2.05, 4.69) is 10.3 Å². The molecule has 2 heterocycles. The molecule has 2 aromatic rings. The van der Waals surface area contributed by atoms with Crippen molar-refractivity contribution in [3.8, 4) is 0 Å². The van der Waals surface area contributed by atoms with Crippen molar-refractivity contribution in [3.05, 3.63) is 54.2 Å². The molecule has 0 saturated carbocycles. The van der Waals surface area contributed by atoms with Crippen LogP contribution in [0.3, 0.4) is 0 Å². The summed E-state index contributed by atoms with van der Waals surface area (Å²) in [5.41, 5.74) is 0.407. The van der Waals surface area contributed by atoms with Crippen LogP contribution >= 0.6 is 0 Å². The SMILES string of the molecule is O=C(NCc1ccco1)c1ccccn1. The van der Waals surface area contributed by atoms with Crippen LogP contribution in [-0.2, 0) is 6.54 Å². The molecule has 1 N–H and O–H groups in total. The molecule has 4 heteroatoms. The van der Waals surface area contributed by atoms with Crippen molar-refractivity contribution in [1.82, 2.24) is 10.3 Å². The molecule has 15 heavy (non-hydrogen) atoms. The van der Waals surface area contributed by atoms with E-state index in [1.807, 2.05) is 0 Å². The van der Waals surface area contributed by atoms with E-state index in [9.17, 15) is 4.79 Å². The number of amides is 1. The summed E-state index contributed by atoms with van der Waals surface area (Å²) in [6, 6.07) is 8.79. The van der Waals surface area contributed by atoms with Crippen LogP contribution in [0, 0.1) is 0 Å². The molecule has 0 unspecified atom stereocenters. The van der Waals surface area contributed by atoms with Crippen LogP contribution < -0.4 is 5.32 Å². The van der Waals surface area contributed by atoms with Crippen molar-refractivity contribution in [2.45, 2.75) is 6.54 Å². The average Bonchev–Trinajstić information content (AvgIpc) is 2.80. The van der Waals surface area contributed by atoms with Crippen molar-refractivity contribution in [2.24, 2.45) is 0 Å². The van der Waals surface area contributed by atoms with Crippen molar-refractivity contribution in [2.75, 3.05) is 0 Å². The van der Waals surface area contributed by atoms with E-state index in [1.54, 1.807) is 42.8 Å². The summed E-state index contributed by atoms with van der Waals surface area (Å²) in [7, 11) is 0. The lowest BCUT2D eigenvalue weighted by Gasteiger charge is -2.01. The maximum atomic E-state index is 11.5. The lowest BCUT2D eigenvalue weighted by atomic mass is 10.3. The number of nitrogens with zero attached hydrogens (tertiary/aromatic N) is 1. The summed E-state index contributed by atoms with van der Waals surface area (Å²) in [6.45, 7) is 0.377. The second kappa shape index (κ2) is 4.41. The van der Waals surface area contributed by atoms with E-state index < -0.39 is 0 Å². The number of nitrogens with one attached hydrogen (secondary N) is 1. The maximum Gasteiger partial charge on any atom is 0.270 e. The van der Waals surface area contributed by atoms with Crippen LogP contribution in [0.4, 0.5) is 0 Å². The third-order valence-electron chi connectivity index (χ3n) is 1.90. The second-order valence-electron chi connectivity index (χ2n) is 2.98. The minimum atomic E-state index is -0.202. The lowest BCUT2D eigenvalue weighted by molar-refractivity contribution is 0.0943. The van der Waals surface area contributed by atoms with E-state index in [4.69, 9.17) is 4.42 Å². The van der Waals surface area contributed by atoms with Gasteiger partial charge in [0.05, 0.1) is 12.8 Å². The number of carbonyl (C=O) groups is 1. The Balaban J connectivity index is 1.94. The molecule has 0 saturated heterocycles. The Kier molecular flexibility index (Phi) is 2.78. The molecular weight excluding hydrogens is 192 g/mol. The Bertz CT molecular complexity index is 423. The molecule has 2 rings (SSSR count). The largest absolute Gasteiger partial charge is 0.467 e. The van der Waals surface area contributed by atoms with Gasteiger partial charge in [-0.3, -0.25) is 9.78 Å². The first-order chi connectivity index (χ1) is 7.36. The summed E-state index contributed by atoms with van der Waals surface area (Å²) in [5, 5.41) is 2.71. The molecule has 0 aliphatic heterocycles. The maximum absolute atomic E-state index is 11.5. The van der Waals surface area contributed by atoms with Gasteiger partial charge >= 0.3 is 0 Å². The third kappa shape index (κ3) is 2.43. The Labute approximate surface area is 86.9 Å². The standard InChI is InChI=1S/C11H10N2O2/c14-11(10-5-1-2-6-12-10)13-8-9-4-3-7-15-9/h1-7H,8H2,(H,13,14). The number of hydrogen-bond donors (Lipinski definition) is 1. The normalized spacial score (nSPS) is 9.87. The molecule has 4 nitrogen and oxygen atoms in total. The van der Waals surface area contributed by atoms with Gasteiger partial charge in [-0.1, -0.05) is 6.07 Å². The highest BCUT2D eigenvalue weighted by Gasteiger charge is 2.05. The van der Waals surface area contributed by atoms with Gasteiger partial charge in [0, 0.05) is 6.20 Å². The molecular formula is C11H10N2O2. The zero-order valence-electron chi connectivity index (χ0n) is 8.01. The fourth-order valence-corrected chi connectivity index (χ4v) is 1.17. The van der Waals surface area contributed by atoms with Gasteiger partial charge in [0.1, 0.15) is 11.5 Å². The van der Waals surface area contributed by atoms with E-state index in [0.29, 0.717) is 12.2 Å². The van der Waals surface area contributed by atoms with Gasteiger partial charge in [0.2, 0.25) is 0 Å². The van der Waals surface area contributed by atoms with Crippen molar-refractivity contribution in [1.29, 1.82) is 0 Å². The van der Waals surface area contributed by atoms with E-state index in [1.165, 1.54) is 0 Å². The summed E-state index contributed by atoms with van der Waals surface area (Å²) in [6.07, 6.45) is 3.16. The monoisotopic (exact) mass is 202 g/mol. The highest BCUT2D eigenvalue weighted by atomic mass is 16.3. The summed E-state index contributed by atoms with van der Waals surface area (Å²) in [5.74, 6) is 0.520. The molecule has 0 bridgehead atoms. The molecule has 2 aromatic heterocycles. The summed E-state index contributed by atoms with van der Waals surface area (Å²) >= 11 is 0. The summed E-state index contributed by atoms with van der Waals surface area (Å²) in [4.78, 5) is 15.5. The van der Waals surface area contributed by atoms with Crippen molar-refractivity contribution in [3.63, 3.8) is 0 Å². The number of carbonyl (C=O) groups excluding carboxylic acids is 1. The number of hydrogen-bond acceptors (Lipinski definition) is 3. The predicted octanol–water partition coefficient (Wildman–Crippen LogP) is 1.60. The van der Waals surface area contributed by atoms with Gasteiger partial charge in [0.25, 0.3) is 5.91 Å². The van der Waals surface area contributed by atoms with Gasteiger partial charge in [-0.05, 0) is 24.3 Å². The number of rotatable bonds is 3. The smallest absolute Gasteiger partial charge is 0.270 e. The number of furan rings is 1. The zero-order valence-corrected chi connectivity index (χ0v) is 8.01. The molecule has 0 atom stereocenters. The Morgan fingerprint density at radius 3 is 2.93 bits per heavy atom.